The molecule has 1 aliphatic carbocycles. The number of benzene rings is 2. The van der Waals surface area contributed by atoms with Crippen LogP contribution in [-0.2, 0) is 10.4 Å². The molecule has 3 N–H and O–H groups in total. The highest BCUT2D eigenvalue weighted by Gasteiger charge is 2.62. The second kappa shape index (κ2) is 9.76. The van der Waals surface area contributed by atoms with Gasteiger partial charge in [0.1, 0.15) is 11.6 Å². The van der Waals surface area contributed by atoms with Gasteiger partial charge in [-0.3, -0.25) is 4.79 Å². The van der Waals surface area contributed by atoms with Gasteiger partial charge < -0.3 is 25.4 Å². The molecule has 0 radical (unpaired) electrons. The molecule has 3 amide bonds. The zero-order valence-electron chi connectivity index (χ0n) is 20.6. The Morgan fingerprint density at radius 1 is 1.08 bits per heavy atom. The summed E-state index contributed by atoms with van der Waals surface area (Å²) >= 11 is 0. The predicted octanol–water partition coefficient (Wildman–Crippen LogP) is 3.96. The number of aliphatic hydroxyl groups is 1. The number of ether oxygens (including phenoxy) is 1. The second-order valence-corrected chi connectivity index (χ2v) is 10.3. The van der Waals surface area contributed by atoms with Crippen molar-refractivity contribution in [2.24, 2.45) is 0 Å². The smallest absolute Gasteiger partial charge is 0.430 e. The Morgan fingerprint density at radius 2 is 1.76 bits per heavy atom. The molecule has 11 heteroatoms. The maximum atomic E-state index is 14.1. The highest BCUT2D eigenvalue weighted by Crippen LogP contribution is 2.45. The van der Waals surface area contributed by atoms with E-state index in [2.05, 4.69) is 10.6 Å². The summed E-state index contributed by atoms with van der Waals surface area (Å²) in [5, 5.41) is 16.4. The molecular weight excluding hydrogens is 506 g/mol. The first-order valence-electron chi connectivity index (χ1n) is 12.7. The minimum atomic E-state index is -5.24. The van der Waals surface area contributed by atoms with Crippen molar-refractivity contribution in [3.63, 3.8) is 0 Å². The molecule has 5 rings (SSSR count). The summed E-state index contributed by atoms with van der Waals surface area (Å²) in [5.74, 6) is -1.92. The van der Waals surface area contributed by atoms with Crippen molar-refractivity contribution < 1.29 is 37.0 Å². The third kappa shape index (κ3) is 4.57. The highest BCUT2D eigenvalue weighted by atomic mass is 19.4. The Kier molecular flexibility index (Phi) is 6.75. The summed E-state index contributed by atoms with van der Waals surface area (Å²) in [6, 6.07) is 10.1. The van der Waals surface area contributed by atoms with Crippen LogP contribution in [0.2, 0.25) is 0 Å². The Hall–Kier alpha value is -3.34. The molecule has 0 aromatic heterocycles. The highest BCUT2D eigenvalue weighted by molar-refractivity contribution is 5.87. The van der Waals surface area contributed by atoms with E-state index in [9.17, 15) is 32.3 Å². The lowest BCUT2D eigenvalue weighted by molar-refractivity contribution is -0.262. The van der Waals surface area contributed by atoms with E-state index >= 15 is 0 Å². The van der Waals surface area contributed by atoms with Crippen molar-refractivity contribution in [1.82, 2.24) is 15.5 Å². The zero-order valence-corrected chi connectivity index (χ0v) is 20.6. The van der Waals surface area contributed by atoms with Gasteiger partial charge in [0.2, 0.25) is 0 Å². The minimum absolute atomic E-state index is 0.0184. The van der Waals surface area contributed by atoms with Crippen LogP contribution in [-0.4, -0.2) is 59.4 Å². The van der Waals surface area contributed by atoms with Crippen LogP contribution in [0, 0.1) is 5.82 Å². The molecule has 1 saturated carbocycles. The lowest BCUT2D eigenvalue weighted by atomic mass is 9.71. The van der Waals surface area contributed by atoms with Crippen molar-refractivity contribution in [2.45, 2.75) is 61.4 Å². The molecule has 204 valence electrons. The van der Waals surface area contributed by atoms with Crippen molar-refractivity contribution in [3.05, 3.63) is 65.5 Å². The Balaban J connectivity index is 1.41. The first kappa shape index (κ1) is 26.3. The number of carbonyl (C=O) groups is 2. The normalized spacial score (nSPS) is 23.1. The molecule has 1 spiro atoms. The number of urea groups is 1. The van der Waals surface area contributed by atoms with Gasteiger partial charge in [0, 0.05) is 42.7 Å². The molecular formula is C27H29F4N3O4. The summed E-state index contributed by atoms with van der Waals surface area (Å²) in [7, 11) is 0. The molecule has 2 aromatic carbocycles. The molecule has 7 nitrogen and oxygen atoms in total. The Bertz CT molecular complexity index is 1200. The maximum absolute atomic E-state index is 14.1. The second-order valence-electron chi connectivity index (χ2n) is 10.3. The van der Waals surface area contributed by atoms with E-state index in [-0.39, 0.29) is 44.5 Å². The van der Waals surface area contributed by atoms with E-state index in [4.69, 9.17) is 4.74 Å². The number of likely N-dealkylation sites (tertiary alicyclic amines) is 1. The zero-order chi connectivity index (χ0) is 27.1. The number of hydrogen-bond donors (Lipinski definition) is 3. The van der Waals surface area contributed by atoms with E-state index in [0.717, 1.165) is 36.3 Å². The molecule has 3 aliphatic rings. The minimum Gasteiger partial charge on any atom is -0.490 e. The number of nitrogens with zero attached hydrogens (tertiary/aromatic N) is 1. The van der Waals surface area contributed by atoms with Crippen molar-refractivity contribution >= 4 is 11.9 Å². The van der Waals surface area contributed by atoms with Gasteiger partial charge in [0.05, 0.1) is 11.6 Å². The molecule has 2 aromatic rings. The van der Waals surface area contributed by atoms with E-state index in [1.165, 1.54) is 30.3 Å². The Morgan fingerprint density at radius 3 is 2.37 bits per heavy atom. The average molecular weight is 536 g/mol. The fraction of sp³-hybridized carbons (Fsp3) is 0.481. The number of alkyl halides is 3. The van der Waals surface area contributed by atoms with Crippen LogP contribution >= 0.6 is 0 Å². The number of hydrogen-bond acceptors (Lipinski definition) is 4. The van der Waals surface area contributed by atoms with Gasteiger partial charge in [0.15, 0.2) is 0 Å². The summed E-state index contributed by atoms with van der Waals surface area (Å²) in [5.41, 5.74) is -4.48. The average Bonchev–Trinajstić information content (AvgIpc) is 2.86. The number of rotatable bonds is 5. The third-order valence-electron chi connectivity index (χ3n) is 8.05. The number of halogens is 4. The molecule has 2 aliphatic heterocycles. The Labute approximate surface area is 217 Å². The van der Waals surface area contributed by atoms with Crippen LogP contribution in [0.3, 0.4) is 0 Å². The van der Waals surface area contributed by atoms with E-state index in [1.807, 2.05) is 0 Å². The van der Waals surface area contributed by atoms with E-state index < -0.39 is 40.6 Å². The van der Waals surface area contributed by atoms with Crippen LogP contribution < -0.4 is 15.4 Å². The number of nitrogens with one attached hydrogen (secondary N) is 2. The summed E-state index contributed by atoms with van der Waals surface area (Å²) < 4.78 is 62.5. The molecule has 2 heterocycles. The summed E-state index contributed by atoms with van der Waals surface area (Å²) in [6.45, 7) is -0.0371. The molecule has 3 fully saturated rings. The van der Waals surface area contributed by atoms with Gasteiger partial charge >= 0.3 is 12.2 Å². The SMILES string of the molecule is O=C1NCC(c2ccc(F)cc2OC2CCC2)C2(CCN(C(=O)[C@](O)(c3ccccc3)C(F)(F)F)CC2)N1. The fourth-order valence-corrected chi connectivity index (χ4v) is 5.62. The lowest BCUT2D eigenvalue weighted by Gasteiger charge is -2.50. The van der Waals surface area contributed by atoms with Crippen LogP contribution in [0.15, 0.2) is 48.5 Å². The van der Waals surface area contributed by atoms with E-state index in [1.54, 1.807) is 6.07 Å². The van der Waals surface area contributed by atoms with Crippen molar-refractivity contribution in [3.8, 4) is 5.75 Å². The number of carbonyl (C=O) groups excluding carboxylic acids is 2. The van der Waals surface area contributed by atoms with Gasteiger partial charge in [-0.25, -0.2) is 9.18 Å². The van der Waals surface area contributed by atoms with E-state index in [0.29, 0.717) is 11.3 Å². The summed E-state index contributed by atoms with van der Waals surface area (Å²) in [4.78, 5) is 26.6. The largest absolute Gasteiger partial charge is 0.490 e. The van der Waals surface area contributed by atoms with Crippen LogP contribution in [0.1, 0.15) is 49.1 Å². The maximum Gasteiger partial charge on any atom is 0.430 e. The molecule has 38 heavy (non-hydrogen) atoms. The molecule has 0 bridgehead atoms. The molecule has 2 atom stereocenters. The van der Waals surface area contributed by atoms with Crippen LogP contribution in [0.5, 0.6) is 5.75 Å². The first-order valence-corrected chi connectivity index (χ1v) is 12.7. The van der Waals surface area contributed by atoms with Gasteiger partial charge in [-0.1, -0.05) is 36.4 Å². The van der Waals surface area contributed by atoms with Crippen molar-refractivity contribution in [1.29, 1.82) is 0 Å². The van der Waals surface area contributed by atoms with Gasteiger partial charge in [0.25, 0.3) is 11.5 Å². The monoisotopic (exact) mass is 535 g/mol. The lowest BCUT2D eigenvalue weighted by Crippen LogP contribution is -2.67. The van der Waals surface area contributed by atoms with Gasteiger partial charge in [-0.15, -0.1) is 0 Å². The topological polar surface area (TPSA) is 90.9 Å². The fourth-order valence-electron chi connectivity index (χ4n) is 5.62. The number of amides is 3. The quantitative estimate of drug-likeness (QED) is 0.506. The first-order chi connectivity index (χ1) is 18.0. The third-order valence-corrected chi connectivity index (χ3v) is 8.05. The predicted molar refractivity (Wildman–Crippen MR) is 129 cm³/mol. The molecule has 1 unspecified atom stereocenters. The summed E-state index contributed by atoms with van der Waals surface area (Å²) in [6.07, 6.45) is -2.23. The van der Waals surface area contributed by atoms with Crippen molar-refractivity contribution in [2.75, 3.05) is 19.6 Å². The van der Waals surface area contributed by atoms with Gasteiger partial charge in [-0.2, -0.15) is 13.2 Å². The van der Waals surface area contributed by atoms with Crippen LogP contribution in [0.25, 0.3) is 0 Å². The number of piperidine rings is 1. The standard InChI is InChI=1S/C27H29F4N3O4/c28-18-9-10-20(22(15-18)38-19-7-4-8-19)21-16-32-24(36)33-25(21)11-13-34(14-12-25)23(35)26(37,27(29,30)31)17-5-2-1-3-6-17/h1-3,5-6,9-10,15,19,21,37H,4,7-8,11-14,16H2,(H2,32,33,36)/t21?,26-/m1/s1. The van der Waals surface area contributed by atoms with Gasteiger partial charge in [-0.05, 0) is 38.2 Å². The van der Waals surface area contributed by atoms with Crippen LogP contribution in [0.4, 0.5) is 22.4 Å². The molecule has 2 saturated heterocycles.